The number of rotatable bonds is 4. The summed E-state index contributed by atoms with van der Waals surface area (Å²) in [7, 11) is 1.95. The van der Waals surface area contributed by atoms with Gasteiger partial charge in [-0.2, -0.15) is 0 Å². The van der Waals surface area contributed by atoms with E-state index in [1.54, 1.807) is 6.08 Å². The van der Waals surface area contributed by atoms with Crippen LogP contribution in [0.5, 0.6) is 0 Å². The molecule has 0 radical (unpaired) electrons. The number of likely N-dealkylation sites (N-methyl/N-ethyl adjacent to an activating group) is 1. The molecule has 3 rings (SSSR count). The first-order valence-corrected chi connectivity index (χ1v) is 8.42. The van der Waals surface area contributed by atoms with E-state index in [0.717, 1.165) is 25.1 Å². The van der Waals surface area contributed by atoms with Crippen molar-refractivity contribution < 1.29 is 14.3 Å². The molecule has 0 spiro atoms. The number of benzene rings is 1. The van der Waals surface area contributed by atoms with Gasteiger partial charge in [-0.15, -0.1) is 0 Å². The average Bonchev–Trinajstić information content (AvgIpc) is 2.87. The SMILES string of the molecule is CN(CC1CCCC(c2ccc(F)cc2)C1)C1=CC(=O)CC1O. The number of carbonyl (C=O) groups is 1. The maximum atomic E-state index is 13.1. The standard InChI is InChI=1S/C19H24FNO2/c1-21(18-10-17(22)11-19(18)23)12-13-3-2-4-15(9-13)14-5-7-16(20)8-6-14/h5-8,10,13,15,19,23H,2-4,9,11-12H2,1H3. The normalized spacial score (nSPS) is 27.9. The number of carbonyl (C=O) groups excluding carboxylic acids is 1. The number of hydrogen-bond acceptors (Lipinski definition) is 3. The number of nitrogens with zero attached hydrogens (tertiary/aromatic N) is 1. The fraction of sp³-hybridized carbons (Fsp3) is 0.526. The van der Waals surface area contributed by atoms with Gasteiger partial charge < -0.3 is 10.0 Å². The van der Waals surface area contributed by atoms with Crippen molar-refractivity contribution in [2.75, 3.05) is 13.6 Å². The number of hydrogen-bond donors (Lipinski definition) is 1. The lowest BCUT2D eigenvalue weighted by atomic mass is 9.78. The van der Waals surface area contributed by atoms with Crippen molar-refractivity contribution >= 4 is 5.78 Å². The van der Waals surface area contributed by atoms with Crippen molar-refractivity contribution in [3.8, 4) is 0 Å². The van der Waals surface area contributed by atoms with Gasteiger partial charge in [0.2, 0.25) is 0 Å². The number of allylic oxidation sites excluding steroid dienone is 1. The van der Waals surface area contributed by atoms with Gasteiger partial charge in [0.05, 0.1) is 0 Å². The van der Waals surface area contributed by atoms with Gasteiger partial charge in [-0.1, -0.05) is 18.6 Å². The van der Waals surface area contributed by atoms with Crippen molar-refractivity contribution in [3.05, 3.63) is 47.4 Å². The van der Waals surface area contributed by atoms with Gasteiger partial charge in [0.15, 0.2) is 5.78 Å². The quantitative estimate of drug-likeness (QED) is 0.927. The lowest BCUT2D eigenvalue weighted by molar-refractivity contribution is -0.115. The molecular formula is C19H24FNO2. The van der Waals surface area contributed by atoms with Gasteiger partial charge in [0.1, 0.15) is 11.9 Å². The van der Waals surface area contributed by atoms with Crippen LogP contribution in [-0.4, -0.2) is 35.5 Å². The first-order valence-electron chi connectivity index (χ1n) is 8.42. The zero-order valence-corrected chi connectivity index (χ0v) is 13.5. The van der Waals surface area contributed by atoms with Crippen LogP contribution in [0.15, 0.2) is 36.0 Å². The summed E-state index contributed by atoms with van der Waals surface area (Å²) < 4.78 is 13.1. The van der Waals surface area contributed by atoms with Crippen LogP contribution in [-0.2, 0) is 4.79 Å². The Morgan fingerprint density at radius 2 is 2.00 bits per heavy atom. The zero-order valence-electron chi connectivity index (χ0n) is 13.5. The summed E-state index contributed by atoms with van der Waals surface area (Å²) >= 11 is 0. The topological polar surface area (TPSA) is 40.5 Å². The maximum Gasteiger partial charge on any atom is 0.160 e. The molecule has 0 aromatic heterocycles. The Bertz CT molecular complexity index is 596. The van der Waals surface area contributed by atoms with Crippen LogP contribution in [0.3, 0.4) is 0 Å². The Kier molecular flexibility index (Phi) is 4.81. The lowest BCUT2D eigenvalue weighted by Crippen LogP contribution is -2.31. The molecule has 3 atom stereocenters. The summed E-state index contributed by atoms with van der Waals surface area (Å²) in [6.45, 7) is 0.855. The second-order valence-electron chi connectivity index (χ2n) is 6.92. The first-order chi connectivity index (χ1) is 11.0. The molecule has 1 aromatic rings. The molecule has 124 valence electrons. The third-order valence-electron chi connectivity index (χ3n) is 5.14. The fourth-order valence-corrected chi connectivity index (χ4v) is 3.97. The Morgan fingerprint density at radius 3 is 2.65 bits per heavy atom. The second kappa shape index (κ2) is 6.83. The highest BCUT2D eigenvalue weighted by atomic mass is 19.1. The zero-order chi connectivity index (χ0) is 16.4. The molecule has 0 bridgehead atoms. The summed E-state index contributed by atoms with van der Waals surface area (Å²) in [6, 6.07) is 6.87. The molecule has 0 saturated heterocycles. The smallest absolute Gasteiger partial charge is 0.160 e. The van der Waals surface area contributed by atoms with Crippen LogP contribution in [0.25, 0.3) is 0 Å². The van der Waals surface area contributed by atoms with Crippen LogP contribution in [0.2, 0.25) is 0 Å². The minimum atomic E-state index is -0.649. The molecule has 0 aliphatic heterocycles. The molecule has 0 amide bonds. The third-order valence-corrected chi connectivity index (χ3v) is 5.14. The summed E-state index contributed by atoms with van der Waals surface area (Å²) in [5.41, 5.74) is 1.97. The van der Waals surface area contributed by atoms with Gasteiger partial charge in [-0.25, -0.2) is 4.39 Å². The number of halogens is 1. The lowest BCUT2D eigenvalue weighted by Gasteiger charge is -2.34. The Morgan fingerprint density at radius 1 is 1.26 bits per heavy atom. The van der Waals surface area contributed by atoms with Gasteiger partial charge in [-0.3, -0.25) is 4.79 Å². The number of aliphatic hydroxyl groups excluding tert-OH is 1. The van der Waals surface area contributed by atoms with E-state index in [-0.39, 0.29) is 18.0 Å². The minimum absolute atomic E-state index is 0.00665. The Balaban J connectivity index is 1.61. The van der Waals surface area contributed by atoms with Gasteiger partial charge in [0.25, 0.3) is 0 Å². The maximum absolute atomic E-state index is 13.1. The van der Waals surface area contributed by atoms with E-state index < -0.39 is 6.10 Å². The highest BCUT2D eigenvalue weighted by Gasteiger charge is 2.29. The third kappa shape index (κ3) is 3.81. The largest absolute Gasteiger partial charge is 0.386 e. The van der Waals surface area contributed by atoms with Crippen molar-refractivity contribution in [3.63, 3.8) is 0 Å². The van der Waals surface area contributed by atoms with E-state index >= 15 is 0 Å². The molecule has 3 nitrogen and oxygen atoms in total. The molecule has 0 heterocycles. The Labute approximate surface area is 136 Å². The van der Waals surface area contributed by atoms with Crippen molar-refractivity contribution in [1.29, 1.82) is 0 Å². The van der Waals surface area contributed by atoms with Crippen LogP contribution in [0.1, 0.15) is 43.6 Å². The predicted octanol–water partition coefficient (Wildman–Crippen LogP) is 3.25. The molecular weight excluding hydrogens is 293 g/mol. The minimum Gasteiger partial charge on any atom is -0.386 e. The first kappa shape index (κ1) is 16.2. The van der Waals surface area contributed by atoms with Crippen molar-refractivity contribution in [2.45, 2.75) is 44.1 Å². The van der Waals surface area contributed by atoms with Crippen LogP contribution >= 0.6 is 0 Å². The summed E-state index contributed by atoms with van der Waals surface area (Å²) in [5.74, 6) is 0.833. The fourth-order valence-electron chi connectivity index (χ4n) is 3.97. The van der Waals surface area contributed by atoms with E-state index in [4.69, 9.17) is 0 Å². The van der Waals surface area contributed by atoms with Gasteiger partial charge in [-0.05, 0) is 48.8 Å². The second-order valence-corrected chi connectivity index (χ2v) is 6.92. The van der Waals surface area contributed by atoms with E-state index in [2.05, 4.69) is 0 Å². The van der Waals surface area contributed by atoms with E-state index in [1.165, 1.54) is 30.5 Å². The number of aliphatic hydroxyl groups is 1. The molecule has 2 aliphatic rings. The van der Waals surface area contributed by atoms with E-state index in [1.807, 2.05) is 24.1 Å². The van der Waals surface area contributed by atoms with Crippen molar-refractivity contribution in [2.24, 2.45) is 5.92 Å². The molecule has 2 aliphatic carbocycles. The van der Waals surface area contributed by atoms with E-state index in [9.17, 15) is 14.3 Å². The molecule has 23 heavy (non-hydrogen) atoms. The Hall–Kier alpha value is -1.68. The predicted molar refractivity (Wildman–Crippen MR) is 87.4 cm³/mol. The molecule has 3 unspecified atom stereocenters. The van der Waals surface area contributed by atoms with Gasteiger partial charge in [0, 0.05) is 31.8 Å². The van der Waals surface area contributed by atoms with Crippen LogP contribution < -0.4 is 0 Å². The van der Waals surface area contributed by atoms with Crippen LogP contribution in [0, 0.1) is 11.7 Å². The van der Waals surface area contributed by atoms with Crippen molar-refractivity contribution in [1.82, 2.24) is 4.90 Å². The van der Waals surface area contributed by atoms with E-state index in [0.29, 0.717) is 11.8 Å². The molecule has 4 heteroatoms. The number of ketones is 1. The van der Waals surface area contributed by atoms with Crippen LogP contribution in [0.4, 0.5) is 4.39 Å². The summed E-state index contributed by atoms with van der Waals surface area (Å²) in [5, 5.41) is 9.95. The molecule has 1 aromatic carbocycles. The molecule has 1 saturated carbocycles. The highest BCUT2D eigenvalue weighted by molar-refractivity contribution is 5.93. The summed E-state index contributed by atoms with van der Waals surface area (Å²) in [6.07, 6.45) is 5.70. The van der Waals surface area contributed by atoms with Gasteiger partial charge >= 0.3 is 0 Å². The summed E-state index contributed by atoms with van der Waals surface area (Å²) in [4.78, 5) is 13.5. The average molecular weight is 317 g/mol. The molecule has 1 fully saturated rings. The monoisotopic (exact) mass is 317 g/mol. The molecule has 1 N–H and O–H groups in total. The highest BCUT2D eigenvalue weighted by Crippen LogP contribution is 2.37.